The molecular formula is C33H56Br2O2. The summed E-state index contributed by atoms with van der Waals surface area (Å²) in [6.45, 7) is 11.9. The maximum atomic E-state index is 12.6. The fourth-order valence-electron chi connectivity index (χ4n) is 9.66. The Morgan fingerprint density at radius 1 is 0.973 bits per heavy atom. The van der Waals surface area contributed by atoms with Crippen molar-refractivity contribution in [1.29, 1.82) is 0 Å². The second-order valence-electron chi connectivity index (χ2n) is 14.3. The predicted octanol–water partition coefficient (Wildman–Crippen LogP) is 10.6. The van der Waals surface area contributed by atoms with Gasteiger partial charge >= 0.3 is 5.97 Å². The monoisotopic (exact) mass is 642 g/mol. The first-order chi connectivity index (χ1) is 17.6. The third-order valence-corrected chi connectivity index (χ3v) is 15.9. The first-order valence-electron chi connectivity index (χ1n) is 16.1. The van der Waals surface area contributed by atoms with E-state index in [4.69, 9.17) is 4.74 Å². The van der Waals surface area contributed by atoms with Crippen LogP contribution in [0.4, 0.5) is 0 Å². The van der Waals surface area contributed by atoms with Gasteiger partial charge in [-0.05, 0) is 91.8 Å². The van der Waals surface area contributed by atoms with Crippen LogP contribution < -0.4 is 0 Å². The summed E-state index contributed by atoms with van der Waals surface area (Å²) >= 11 is 8.61. The van der Waals surface area contributed by atoms with E-state index < -0.39 is 0 Å². The molecule has 0 N–H and O–H groups in total. The molecule has 0 unspecified atom stereocenters. The average molecular weight is 645 g/mol. The minimum Gasteiger partial charge on any atom is -0.462 e. The van der Waals surface area contributed by atoms with Gasteiger partial charge in [0.15, 0.2) is 0 Å². The molecule has 0 amide bonds. The number of hydrogen-bond donors (Lipinski definition) is 0. The molecule has 4 saturated carbocycles. The van der Waals surface area contributed by atoms with Gasteiger partial charge in [-0.15, -0.1) is 0 Å². The molecule has 4 heteroatoms. The molecule has 214 valence electrons. The summed E-state index contributed by atoms with van der Waals surface area (Å²) in [4.78, 5) is 13.1. The van der Waals surface area contributed by atoms with Crippen LogP contribution >= 0.6 is 31.9 Å². The minimum atomic E-state index is 0.00894. The maximum absolute atomic E-state index is 12.6. The summed E-state index contributed by atoms with van der Waals surface area (Å²) in [6.07, 6.45) is 21.8. The average Bonchev–Trinajstić information content (AvgIpc) is 3.19. The van der Waals surface area contributed by atoms with Crippen LogP contribution in [0.3, 0.4) is 0 Å². The number of esters is 1. The molecule has 37 heavy (non-hydrogen) atoms. The Balaban J connectivity index is 1.40. The second-order valence-corrected chi connectivity index (χ2v) is 16.8. The molecule has 0 aromatic carbocycles. The van der Waals surface area contributed by atoms with E-state index in [1.165, 1.54) is 83.5 Å². The number of ether oxygens (including phenoxy) is 1. The Hall–Kier alpha value is 0.430. The van der Waals surface area contributed by atoms with Crippen molar-refractivity contribution < 1.29 is 9.53 Å². The second kappa shape index (κ2) is 12.5. The summed E-state index contributed by atoms with van der Waals surface area (Å²) in [5.74, 6) is 3.90. The highest BCUT2D eigenvalue weighted by atomic mass is 79.9. The summed E-state index contributed by atoms with van der Waals surface area (Å²) in [5, 5.41) is 0. The SMILES string of the molecule is CCCCCCCC[C@@H]1CC[C@@H]2[C@@H]3C[C@H](Br)[C@]4(Br)C[C@@H](OC(=O)C[C@H](C)CC)CC[C@]4(C)[C@H]3CC[C@]12C. The van der Waals surface area contributed by atoms with Crippen molar-refractivity contribution in [3.8, 4) is 0 Å². The molecule has 0 heterocycles. The van der Waals surface area contributed by atoms with Crippen LogP contribution in [0.1, 0.15) is 144 Å². The van der Waals surface area contributed by atoms with Gasteiger partial charge < -0.3 is 4.74 Å². The molecule has 4 aliphatic rings. The van der Waals surface area contributed by atoms with Crippen molar-refractivity contribution in [3.63, 3.8) is 0 Å². The van der Waals surface area contributed by atoms with Crippen LogP contribution in [-0.4, -0.2) is 21.2 Å². The van der Waals surface area contributed by atoms with Gasteiger partial charge in [0, 0.05) is 22.0 Å². The molecule has 0 aromatic heterocycles. The van der Waals surface area contributed by atoms with E-state index in [9.17, 15) is 4.79 Å². The van der Waals surface area contributed by atoms with Crippen LogP contribution in [-0.2, 0) is 9.53 Å². The van der Waals surface area contributed by atoms with Crippen molar-refractivity contribution >= 4 is 37.8 Å². The normalized spacial score (nSPS) is 44.0. The highest BCUT2D eigenvalue weighted by molar-refractivity contribution is 9.12. The number of halogens is 2. The highest BCUT2D eigenvalue weighted by Gasteiger charge is 2.66. The van der Waals surface area contributed by atoms with Crippen LogP contribution in [0, 0.1) is 40.4 Å². The zero-order valence-electron chi connectivity index (χ0n) is 24.6. The lowest BCUT2D eigenvalue weighted by Crippen LogP contribution is -2.64. The number of unbranched alkanes of at least 4 members (excludes halogenated alkanes) is 5. The van der Waals surface area contributed by atoms with Crippen molar-refractivity contribution in [3.05, 3.63) is 0 Å². The standard InChI is InChI=1S/C33H56Br2O2/c1-6-8-9-10-11-12-13-24-14-15-27-26-21-29(34)33(35)22-25(37-30(36)20-23(3)7-2)16-19-32(33,5)28(26)17-18-31(24,27)4/h23-29H,6-22H2,1-5H3/t23-,24-,25+,26+,27-,28+,29+,31-,32-,33-/m1/s1. The molecule has 0 radical (unpaired) electrons. The van der Waals surface area contributed by atoms with Crippen LogP contribution in [0.15, 0.2) is 0 Å². The Kier molecular flexibility index (Phi) is 10.3. The minimum absolute atomic E-state index is 0.00894. The lowest BCUT2D eigenvalue weighted by molar-refractivity contribution is -0.158. The Morgan fingerprint density at radius 2 is 1.70 bits per heavy atom. The van der Waals surface area contributed by atoms with Crippen molar-refractivity contribution in [2.45, 2.75) is 159 Å². The maximum Gasteiger partial charge on any atom is 0.306 e. The number of carbonyl (C=O) groups is 1. The topological polar surface area (TPSA) is 26.3 Å². The zero-order valence-corrected chi connectivity index (χ0v) is 27.8. The molecule has 4 rings (SSSR count). The van der Waals surface area contributed by atoms with E-state index in [0.717, 1.165) is 42.9 Å². The lowest BCUT2D eigenvalue weighted by Gasteiger charge is -2.65. The number of fused-ring (bicyclic) bond motifs is 5. The molecule has 0 aliphatic heterocycles. The van der Waals surface area contributed by atoms with Crippen molar-refractivity contribution in [2.24, 2.45) is 40.4 Å². The summed E-state index contributed by atoms with van der Waals surface area (Å²) < 4.78 is 6.10. The van der Waals surface area contributed by atoms with Gasteiger partial charge in [0.2, 0.25) is 0 Å². The van der Waals surface area contributed by atoms with E-state index in [1.54, 1.807) is 0 Å². The molecule has 0 saturated heterocycles. The number of carbonyl (C=O) groups excluding carboxylic acids is 1. The molecule has 2 nitrogen and oxygen atoms in total. The van der Waals surface area contributed by atoms with E-state index >= 15 is 0 Å². The van der Waals surface area contributed by atoms with Crippen LogP contribution in [0.5, 0.6) is 0 Å². The predicted molar refractivity (Wildman–Crippen MR) is 163 cm³/mol. The fourth-order valence-corrected chi connectivity index (χ4v) is 11.8. The number of rotatable bonds is 11. The van der Waals surface area contributed by atoms with Gasteiger partial charge in [-0.3, -0.25) is 4.79 Å². The molecule has 0 spiro atoms. The Labute approximate surface area is 245 Å². The molecule has 0 bridgehead atoms. The van der Waals surface area contributed by atoms with Gasteiger partial charge in [0.25, 0.3) is 0 Å². The summed E-state index contributed by atoms with van der Waals surface area (Å²) in [5.41, 5.74) is 0.824. The molecular weight excluding hydrogens is 588 g/mol. The van der Waals surface area contributed by atoms with Gasteiger partial charge in [0.05, 0.1) is 0 Å². The van der Waals surface area contributed by atoms with Gasteiger partial charge in [-0.2, -0.15) is 0 Å². The number of alkyl halides is 2. The summed E-state index contributed by atoms with van der Waals surface area (Å²) in [6, 6.07) is 0. The van der Waals surface area contributed by atoms with E-state index in [1.807, 2.05) is 0 Å². The van der Waals surface area contributed by atoms with Gasteiger partial charge in [0.1, 0.15) is 6.10 Å². The summed E-state index contributed by atoms with van der Waals surface area (Å²) in [7, 11) is 0. The van der Waals surface area contributed by atoms with Crippen LogP contribution in [0.2, 0.25) is 0 Å². The van der Waals surface area contributed by atoms with E-state index in [-0.39, 0.29) is 21.8 Å². The van der Waals surface area contributed by atoms with Crippen molar-refractivity contribution in [2.75, 3.05) is 0 Å². The molecule has 4 fully saturated rings. The van der Waals surface area contributed by atoms with Crippen molar-refractivity contribution in [1.82, 2.24) is 0 Å². The molecule has 4 aliphatic carbocycles. The first-order valence-corrected chi connectivity index (χ1v) is 17.8. The zero-order chi connectivity index (χ0) is 26.8. The number of hydrogen-bond acceptors (Lipinski definition) is 2. The van der Waals surface area contributed by atoms with Gasteiger partial charge in [-0.1, -0.05) is 111 Å². The largest absolute Gasteiger partial charge is 0.462 e. The van der Waals surface area contributed by atoms with Gasteiger partial charge in [-0.25, -0.2) is 0 Å². The van der Waals surface area contributed by atoms with Crippen LogP contribution in [0.25, 0.3) is 0 Å². The quantitative estimate of drug-likeness (QED) is 0.127. The fraction of sp³-hybridized carbons (Fsp3) is 0.970. The highest BCUT2D eigenvalue weighted by Crippen LogP contribution is 2.71. The molecule has 0 aromatic rings. The lowest BCUT2D eigenvalue weighted by atomic mass is 9.44. The smallest absolute Gasteiger partial charge is 0.306 e. The third-order valence-electron chi connectivity index (χ3n) is 12.3. The van der Waals surface area contributed by atoms with E-state index in [0.29, 0.717) is 22.6 Å². The first kappa shape index (κ1) is 30.4. The third kappa shape index (κ3) is 5.92. The Morgan fingerprint density at radius 3 is 2.43 bits per heavy atom. The van der Waals surface area contributed by atoms with E-state index in [2.05, 4.69) is 66.5 Å². The molecule has 10 atom stereocenters. The Bertz CT molecular complexity index is 771.